The molecule has 0 aliphatic rings. The van der Waals surface area contributed by atoms with Gasteiger partial charge in [-0.25, -0.2) is 0 Å². The summed E-state index contributed by atoms with van der Waals surface area (Å²) in [6, 6.07) is 28.5. The van der Waals surface area contributed by atoms with Crippen LogP contribution in [-0.4, -0.2) is 11.8 Å². The molecule has 4 nitrogen and oxygen atoms in total. The minimum absolute atomic E-state index is 0.144. The molecular formula is C29H26N2O2. The number of anilines is 2. The van der Waals surface area contributed by atoms with Crippen molar-refractivity contribution in [2.45, 2.75) is 20.8 Å². The Bertz CT molecular complexity index is 1320. The first-order valence-electron chi connectivity index (χ1n) is 10.9. The lowest BCUT2D eigenvalue weighted by Crippen LogP contribution is -2.13. The molecule has 4 rings (SSSR count). The average Bonchev–Trinajstić information content (AvgIpc) is 2.82. The molecule has 2 amide bonds. The topological polar surface area (TPSA) is 58.2 Å². The Morgan fingerprint density at radius 1 is 0.606 bits per heavy atom. The highest BCUT2D eigenvalue weighted by Gasteiger charge is 2.12. The molecule has 4 aromatic carbocycles. The van der Waals surface area contributed by atoms with E-state index in [4.69, 9.17) is 0 Å². The van der Waals surface area contributed by atoms with Crippen molar-refractivity contribution in [2.75, 3.05) is 10.6 Å². The number of carbonyl (C=O) groups excluding carboxylic acids is 2. The van der Waals surface area contributed by atoms with Gasteiger partial charge in [0.05, 0.1) is 0 Å². The van der Waals surface area contributed by atoms with Crippen molar-refractivity contribution < 1.29 is 9.59 Å². The predicted molar refractivity (Wildman–Crippen MR) is 135 cm³/mol. The molecule has 0 saturated carbocycles. The summed E-state index contributed by atoms with van der Waals surface area (Å²) in [7, 11) is 0. The van der Waals surface area contributed by atoms with Gasteiger partial charge in [-0.1, -0.05) is 54.1 Å². The van der Waals surface area contributed by atoms with E-state index in [-0.39, 0.29) is 11.8 Å². The highest BCUT2D eigenvalue weighted by molar-refractivity contribution is 6.06. The third kappa shape index (κ3) is 5.18. The van der Waals surface area contributed by atoms with Crippen LogP contribution in [0.4, 0.5) is 11.4 Å². The van der Waals surface area contributed by atoms with Gasteiger partial charge >= 0.3 is 0 Å². The fourth-order valence-corrected chi connectivity index (χ4v) is 3.70. The maximum absolute atomic E-state index is 12.8. The first-order chi connectivity index (χ1) is 15.9. The van der Waals surface area contributed by atoms with Crippen molar-refractivity contribution in [2.24, 2.45) is 0 Å². The molecule has 0 unspecified atom stereocenters. The maximum Gasteiger partial charge on any atom is 0.255 e. The molecule has 33 heavy (non-hydrogen) atoms. The summed E-state index contributed by atoms with van der Waals surface area (Å²) in [4.78, 5) is 25.5. The lowest BCUT2D eigenvalue weighted by Gasteiger charge is -2.13. The van der Waals surface area contributed by atoms with Crippen molar-refractivity contribution in [1.82, 2.24) is 0 Å². The Balaban J connectivity index is 1.57. The molecular weight excluding hydrogens is 408 g/mol. The first-order valence-corrected chi connectivity index (χ1v) is 10.9. The molecule has 4 heteroatoms. The van der Waals surface area contributed by atoms with E-state index in [1.165, 1.54) is 0 Å². The molecule has 0 aliphatic heterocycles. The summed E-state index contributed by atoms with van der Waals surface area (Å²) in [5, 5.41) is 5.94. The van der Waals surface area contributed by atoms with Gasteiger partial charge < -0.3 is 10.6 Å². The molecule has 0 bridgehead atoms. The summed E-state index contributed by atoms with van der Waals surface area (Å²) in [6.07, 6.45) is 0. The van der Waals surface area contributed by atoms with Crippen LogP contribution in [0.15, 0.2) is 91.0 Å². The normalized spacial score (nSPS) is 10.5. The van der Waals surface area contributed by atoms with Gasteiger partial charge in [-0.15, -0.1) is 0 Å². The highest BCUT2D eigenvalue weighted by atomic mass is 16.2. The van der Waals surface area contributed by atoms with Gasteiger partial charge in [0.15, 0.2) is 0 Å². The fourth-order valence-electron chi connectivity index (χ4n) is 3.70. The Morgan fingerprint density at radius 3 is 2.06 bits per heavy atom. The molecule has 4 aromatic rings. The summed E-state index contributed by atoms with van der Waals surface area (Å²) in [6.45, 7) is 5.94. The molecule has 0 spiro atoms. The molecule has 0 atom stereocenters. The van der Waals surface area contributed by atoms with E-state index >= 15 is 0 Å². The maximum atomic E-state index is 12.8. The van der Waals surface area contributed by atoms with Gasteiger partial charge in [-0.05, 0) is 85.5 Å². The predicted octanol–water partition coefficient (Wildman–Crippen LogP) is 6.78. The second-order valence-corrected chi connectivity index (χ2v) is 8.20. The molecule has 2 N–H and O–H groups in total. The molecule has 0 radical (unpaired) electrons. The Hall–Kier alpha value is -4.18. The summed E-state index contributed by atoms with van der Waals surface area (Å²) in [5.41, 5.74) is 7.68. The monoisotopic (exact) mass is 434 g/mol. The molecule has 164 valence electrons. The Kier molecular flexibility index (Phi) is 6.36. The van der Waals surface area contributed by atoms with E-state index in [0.29, 0.717) is 16.8 Å². The van der Waals surface area contributed by atoms with E-state index in [1.54, 1.807) is 6.07 Å². The zero-order valence-corrected chi connectivity index (χ0v) is 19.0. The molecule has 0 aromatic heterocycles. The molecule has 0 aliphatic carbocycles. The van der Waals surface area contributed by atoms with Crippen LogP contribution < -0.4 is 10.6 Å². The van der Waals surface area contributed by atoms with Gasteiger partial charge in [0.2, 0.25) is 0 Å². The minimum atomic E-state index is -0.164. The van der Waals surface area contributed by atoms with Gasteiger partial charge in [0, 0.05) is 22.5 Å². The fraction of sp³-hybridized carbons (Fsp3) is 0.103. The van der Waals surface area contributed by atoms with Crippen LogP contribution in [-0.2, 0) is 0 Å². The largest absolute Gasteiger partial charge is 0.322 e. The number of benzene rings is 4. The van der Waals surface area contributed by atoms with E-state index in [1.807, 2.05) is 106 Å². The lowest BCUT2D eigenvalue weighted by atomic mass is 9.98. The van der Waals surface area contributed by atoms with Crippen LogP contribution in [0, 0.1) is 20.8 Å². The second kappa shape index (κ2) is 9.53. The summed E-state index contributed by atoms with van der Waals surface area (Å²) in [5.74, 6) is -0.309. The van der Waals surface area contributed by atoms with Crippen LogP contribution in [0.3, 0.4) is 0 Å². The standard InChI is InChI=1S/C29H26N2O2/c1-19-11-14-24(15-12-19)30-28(32)23-9-6-8-22(17-23)27-18-25(16-13-21(27)3)31-29(33)26-10-5-4-7-20(26)2/h4-18H,1-3H3,(H,30,32)(H,31,33). The van der Waals surface area contributed by atoms with Crippen molar-refractivity contribution in [3.05, 3.63) is 119 Å². The zero-order chi connectivity index (χ0) is 23.4. The first kappa shape index (κ1) is 22.0. The van der Waals surface area contributed by atoms with Gasteiger partial charge in [-0.3, -0.25) is 9.59 Å². The van der Waals surface area contributed by atoms with Gasteiger partial charge in [-0.2, -0.15) is 0 Å². The number of hydrogen-bond donors (Lipinski definition) is 2. The van der Waals surface area contributed by atoms with Gasteiger partial charge in [0.25, 0.3) is 11.8 Å². The number of amides is 2. The van der Waals surface area contributed by atoms with Crippen molar-refractivity contribution >= 4 is 23.2 Å². The van der Waals surface area contributed by atoms with Crippen LogP contribution in [0.1, 0.15) is 37.4 Å². The van der Waals surface area contributed by atoms with Crippen molar-refractivity contribution in [3.8, 4) is 11.1 Å². The third-order valence-electron chi connectivity index (χ3n) is 5.63. The van der Waals surface area contributed by atoms with E-state index in [2.05, 4.69) is 10.6 Å². The summed E-state index contributed by atoms with van der Waals surface area (Å²) >= 11 is 0. The smallest absolute Gasteiger partial charge is 0.255 e. The number of nitrogens with one attached hydrogen (secondary N) is 2. The van der Waals surface area contributed by atoms with E-state index in [9.17, 15) is 9.59 Å². The number of aryl methyl sites for hydroxylation is 3. The highest BCUT2D eigenvalue weighted by Crippen LogP contribution is 2.28. The average molecular weight is 435 g/mol. The number of carbonyl (C=O) groups is 2. The molecule has 0 saturated heterocycles. The minimum Gasteiger partial charge on any atom is -0.322 e. The Labute approximate surface area is 194 Å². The van der Waals surface area contributed by atoms with Crippen LogP contribution in [0.2, 0.25) is 0 Å². The second-order valence-electron chi connectivity index (χ2n) is 8.20. The molecule has 0 fully saturated rings. The quantitative estimate of drug-likeness (QED) is 0.364. The van der Waals surface area contributed by atoms with Crippen LogP contribution >= 0.6 is 0 Å². The zero-order valence-electron chi connectivity index (χ0n) is 19.0. The Morgan fingerprint density at radius 2 is 1.30 bits per heavy atom. The number of hydrogen-bond acceptors (Lipinski definition) is 2. The molecule has 0 heterocycles. The van der Waals surface area contributed by atoms with Crippen molar-refractivity contribution in [1.29, 1.82) is 0 Å². The number of rotatable bonds is 5. The van der Waals surface area contributed by atoms with Crippen molar-refractivity contribution in [3.63, 3.8) is 0 Å². The SMILES string of the molecule is Cc1ccc(NC(=O)c2cccc(-c3cc(NC(=O)c4ccccc4C)ccc3C)c2)cc1. The third-order valence-corrected chi connectivity index (χ3v) is 5.63. The van der Waals surface area contributed by atoms with E-state index < -0.39 is 0 Å². The van der Waals surface area contributed by atoms with Gasteiger partial charge in [0.1, 0.15) is 0 Å². The van der Waals surface area contributed by atoms with E-state index in [0.717, 1.165) is 33.5 Å². The summed E-state index contributed by atoms with van der Waals surface area (Å²) < 4.78 is 0. The lowest BCUT2D eigenvalue weighted by molar-refractivity contribution is 0.101. The van der Waals surface area contributed by atoms with Crippen LogP contribution in [0.25, 0.3) is 11.1 Å². The van der Waals surface area contributed by atoms with Crippen LogP contribution in [0.5, 0.6) is 0 Å².